The first-order chi connectivity index (χ1) is 18.9. The topological polar surface area (TPSA) is 78.9 Å². The maximum atomic E-state index is 15.1. The second kappa shape index (κ2) is 10.8. The highest BCUT2D eigenvalue weighted by molar-refractivity contribution is 5.83. The Hall–Kier alpha value is -2.93. The van der Waals surface area contributed by atoms with Crippen molar-refractivity contribution in [2.75, 3.05) is 20.2 Å². The molecule has 1 saturated heterocycles. The van der Waals surface area contributed by atoms with Gasteiger partial charge >= 0.3 is 5.97 Å². The van der Waals surface area contributed by atoms with Gasteiger partial charge in [-0.25, -0.2) is 4.39 Å². The van der Waals surface area contributed by atoms with Gasteiger partial charge < -0.3 is 15.2 Å². The fourth-order valence-electron chi connectivity index (χ4n) is 6.58. The molecule has 0 spiro atoms. The van der Waals surface area contributed by atoms with E-state index in [1.54, 1.807) is 26.0 Å². The Kier molecular flexibility index (Phi) is 7.73. The predicted molar refractivity (Wildman–Crippen MR) is 154 cm³/mol. The van der Waals surface area contributed by atoms with E-state index in [0.29, 0.717) is 29.4 Å². The average molecular weight is 551 g/mol. The summed E-state index contributed by atoms with van der Waals surface area (Å²) in [5.74, 6) is 0.0974. The number of hydrogen-bond donors (Lipinski definition) is 2. The lowest BCUT2D eigenvalue weighted by molar-refractivity contribution is -0.142. The van der Waals surface area contributed by atoms with Crippen LogP contribution in [0.1, 0.15) is 83.3 Å². The number of carbonyl (C=O) groups is 2. The van der Waals surface area contributed by atoms with E-state index >= 15 is 4.39 Å². The second-order valence-electron chi connectivity index (χ2n) is 13.6. The molecule has 0 bridgehead atoms. The largest absolute Gasteiger partial charge is 0.493 e. The SMILES string of the molecule is CN1CC(C)(C)C[C@H]1C(=O)NC1CC(COc2ccc(C(C)(C)C(=O)O)cc2-c2cccc(F)c2C2CCC2)C1. The van der Waals surface area contributed by atoms with Crippen molar-refractivity contribution in [2.45, 2.75) is 89.6 Å². The van der Waals surface area contributed by atoms with Crippen molar-refractivity contribution >= 4 is 11.9 Å². The van der Waals surface area contributed by atoms with E-state index in [0.717, 1.165) is 56.2 Å². The van der Waals surface area contributed by atoms with Gasteiger partial charge in [-0.3, -0.25) is 14.5 Å². The van der Waals surface area contributed by atoms with E-state index < -0.39 is 11.4 Å². The van der Waals surface area contributed by atoms with Crippen LogP contribution in [0.3, 0.4) is 0 Å². The van der Waals surface area contributed by atoms with E-state index in [4.69, 9.17) is 4.74 Å². The minimum Gasteiger partial charge on any atom is -0.493 e. The number of hydrogen-bond acceptors (Lipinski definition) is 4. The van der Waals surface area contributed by atoms with Crippen LogP contribution in [-0.2, 0) is 15.0 Å². The summed E-state index contributed by atoms with van der Waals surface area (Å²) in [5.41, 5.74) is 1.93. The van der Waals surface area contributed by atoms with Crippen molar-refractivity contribution in [2.24, 2.45) is 11.3 Å². The van der Waals surface area contributed by atoms with Crippen LogP contribution in [0.5, 0.6) is 5.75 Å². The molecular formula is C33H43FN2O4. The minimum atomic E-state index is -1.10. The van der Waals surface area contributed by atoms with Crippen molar-refractivity contribution in [3.8, 4) is 16.9 Å². The number of rotatable bonds is 9. The van der Waals surface area contributed by atoms with Crippen molar-refractivity contribution in [3.63, 3.8) is 0 Å². The fraction of sp³-hybridized carbons (Fsp3) is 0.576. The molecule has 2 aliphatic carbocycles. The van der Waals surface area contributed by atoms with Crippen molar-refractivity contribution in [1.29, 1.82) is 0 Å². The number of likely N-dealkylation sites (N-methyl/N-ethyl adjacent to an activating group) is 1. The normalized spacial score (nSPS) is 24.7. The van der Waals surface area contributed by atoms with Gasteiger partial charge in [0.25, 0.3) is 0 Å². The number of ether oxygens (including phenoxy) is 1. The molecule has 2 saturated carbocycles. The third-order valence-electron chi connectivity index (χ3n) is 9.41. The molecule has 2 aromatic carbocycles. The Labute approximate surface area is 237 Å². The number of likely N-dealkylation sites (tertiary alicyclic amines) is 1. The molecule has 40 heavy (non-hydrogen) atoms. The lowest BCUT2D eigenvalue weighted by atomic mass is 9.76. The van der Waals surface area contributed by atoms with Crippen LogP contribution in [0.25, 0.3) is 11.1 Å². The molecule has 0 radical (unpaired) electrons. The number of carbonyl (C=O) groups excluding carboxylic acids is 1. The van der Waals surface area contributed by atoms with Gasteiger partial charge in [-0.15, -0.1) is 0 Å². The van der Waals surface area contributed by atoms with Gasteiger partial charge in [-0.2, -0.15) is 0 Å². The highest BCUT2D eigenvalue weighted by Gasteiger charge is 2.41. The summed E-state index contributed by atoms with van der Waals surface area (Å²) in [4.78, 5) is 27.0. The molecule has 1 aliphatic heterocycles. The summed E-state index contributed by atoms with van der Waals surface area (Å²) >= 11 is 0. The van der Waals surface area contributed by atoms with E-state index in [2.05, 4.69) is 24.1 Å². The number of benzene rings is 2. The summed E-state index contributed by atoms with van der Waals surface area (Å²) in [7, 11) is 2.02. The first kappa shape index (κ1) is 28.6. The molecule has 1 amide bonds. The van der Waals surface area contributed by atoms with Crippen LogP contribution in [0.4, 0.5) is 4.39 Å². The van der Waals surface area contributed by atoms with Gasteiger partial charge in [-0.05, 0) is 105 Å². The zero-order chi connectivity index (χ0) is 28.8. The molecule has 5 rings (SSSR count). The molecule has 0 unspecified atom stereocenters. The zero-order valence-corrected chi connectivity index (χ0v) is 24.4. The van der Waals surface area contributed by atoms with E-state index in [1.165, 1.54) is 6.07 Å². The van der Waals surface area contributed by atoms with E-state index in [-0.39, 0.29) is 35.1 Å². The molecule has 1 heterocycles. The number of carboxylic acid groups (broad SMARTS) is 1. The van der Waals surface area contributed by atoms with Crippen LogP contribution >= 0.6 is 0 Å². The molecule has 1 atom stereocenters. The molecule has 0 aromatic heterocycles. The monoisotopic (exact) mass is 550 g/mol. The highest BCUT2D eigenvalue weighted by Crippen LogP contribution is 2.45. The Balaban J connectivity index is 1.30. The molecule has 7 heteroatoms. The number of nitrogens with zero attached hydrogens (tertiary/aromatic N) is 1. The van der Waals surface area contributed by atoms with E-state index in [1.807, 2.05) is 25.2 Å². The van der Waals surface area contributed by atoms with E-state index in [9.17, 15) is 14.7 Å². The highest BCUT2D eigenvalue weighted by atomic mass is 19.1. The second-order valence-corrected chi connectivity index (χ2v) is 13.6. The van der Waals surface area contributed by atoms with Crippen LogP contribution < -0.4 is 10.1 Å². The van der Waals surface area contributed by atoms with Crippen LogP contribution in [0.2, 0.25) is 0 Å². The molecular weight excluding hydrogens is 507 g/mol. The summed E-state index contributed by atoms with van der Waals surface area (Å²) in [6, 6.07) is 10.7. The average Bonchev–Trinajstić information content (AvgIpc) is 3.12. The van der Waals surface area contributed by atoms with Crippen molar-refractivity contribution in [1.82, 2.24) is 10.2 Å². The lowest BCUT2D eigenvalue weighted by Crippen LogP contribution is -2.51. The molecule has 3 fully saturated rings. The number of aliphatic carboxylic acids is 1. The molecule has 6 nitrogen and oxygen atoms in total. The maximum Gasteiger partial charge on any atom is 0.313 e. The van der Waals surface area contributed by atoms with Gasteiger partial charge in [0.05, 0.1) is 18.1 Å². The predicted octanol–water partition coefficient (Wildman–Crippen LogP) is 6.13. The van der Waals surface area contributed by atoms with Crippen molar-refractivity contribution < 1.29 is 23.8 Å². The lowest BCUT2D eigenvalue weighted by Gasteiger charge is -2.37. The van der Waals surface area contributed by atoms with Crippen LogP contribution in [0, 0.1) is 17.2 Å². The summed E-state index contributed by atoms with van der Waals surface area (Å²) in [5, 5.41) is 13.1. The Bertz CT molecular complexity index is 1280. The third-order valence-corrected chi connectivity index (χ3v) is 9.41. The molecule has 2 N–H and O–H groups in total. The summed E-state index contributed by atoms with van der Waals surface area (Å²) in [6.45, 7) is 9.18. The van der Waals surface area contributed by atoms with Crippen LogP contribution in [0.15, 0.2) is 36.4 Å². The number of nitrogens with one attached hydrogen (secondary N) is 1. The third kappa shape index (κ3) is 5.63. The molecule has 2 aromatic rings. The van der Waals surface area contributed by atoms with Gasteiger partial charge in [0.2, 0.25) is 5.91 Å². The van der Waals surface area contributed by atoms with Crippen LogP contribution in [-0.4, -0.2) is 54.2 Å². The minimum absolute atomic E-state index is 0.0717. The molecule has 216 valence electrons. The number of carboxylic acids is 1. The Morgan fingerprint density at radius 1 is 1.15 bits per heavy atom. The zero-order valence-electron chi connectivity index (χ0n) is 24.4. The first-order valence-corrected chi connectivity index (χ1v) is 14.7. The van der Waals surface area contributed by atoms with Gasteiger partial charge in [0, 0.05) is 18.2 Å². The quantitative estimate of drug-likeness (QED) is 0.393. The molecule has 3 aliphatic rings. The van der Waals surface area contributed by atoms with Gasteiger partial charge in [0.15, 0.2) is 0 Å². The Morgan fingerprint density at radius 3 is 2.48 bits per heavy atom. The number of halogens is 1. The van der Waals surface area contributed by atoms with Crippen molar-refractivity contribution in [3.05, 3.63) is 53.3 Å². The van der Waals surface area contributed by atoms with Gasteiger partial charge in [-0.1, -0.05) is 38.5 Å². The summed E-state index contributed by atoms with van der Waals surface area (Å²) in [6.07, 6.45) is 5.58. The standard InChI is InChI=1S/C33H43FN2O4/c1-32(2)17-27(36(5)19-32)30(37)35-23-14-20(15-23)18-40-28-13-12-22(33(3,4)31(38)39)16-25(28)24-10-7-11-26(34)29(24)21-8-6-9-21/h7,10-13,16,20-21,23,27H,6,8-9,14-15,17-19H2,1-5H3,(H,35,37)(H,38,39)/t20?,23?,27-/m0/s1. The van der Waals surface area contributed by atoms with Gasteiger partial charge in [0.1, 0.15) is 11.6 Å². The maximum absolute atomic E-state index is 15.1. The first-order valence-electron chi connectivity index (χ1n) is 14.7. The Morgan fingerprint density at radius 2 is 1.88 bits per heavy atom. The fourth-order valence-corrected chi connectivity index (χ4v) is 6.58. The smallest absolute Gasteiger partial charge is 0.313 e. The number of amides is 1. The summed E-state index contributed by atoms with van der Waals surface area (Å²) < 4.78 is 21.5.